The van der Waals surface area contributed by atoms with Crippen LogP contribution in [-0.4, -0.2) is 28.0 Å². The van der Waals surface area contributed by atoms with E-state index in [0.717, 1.165) is 0 Å². The Morgan fingerprint density at radius 2 is 2.11 bits per heavy atom. The van der Waals surface area contributed by atoms with Gasteiger partial charge in [-0.3, -0.25) is 14.9 Å². The van der Waals surface area contributed by atoms with E-state index in [-0.39, 0.29) is 16.9 Å². The molecule has 1 unspecified atom stereocenters. The summed E-state index contributed by atoms with van der Waals surface area (Å²) in [7, 11) is 1.21. The van der Waals surface area contributed by atoms with E-state index >= 15 is 0 Å². The fraction of sp³-hybridized carbons (Fsp3) is 0.444. The molecule has 0 bridgehead atoms. The fourth-order valence-electron chi connectivity index (χ4n) is 1.20. The van der Waals surface area contributed by atoms with Crippen LogP contribution in [0.15, 0.2) is 0 Å². The Kier molecular flexibility index (Phi) is 4.38. The van der Waals surface area contributed by atoms with Gasteiger partial charge in [0.1, 0.15) is 0 Å². The first-order valence-corrected chi connectivity index (χ1v) is 5.17. The second-order valence-corrected chi connectivity index (χ2v) is 3.60. The highest BCUT2D eigenvalue weighted by Crippen LogP contribution is 2.32. The number of carbonyl (C=O) groups is 1. The van der Waals surface area contributed by atoms with Crippen molar-refractivity contribution in [3.05, 3.63) is 21.1 Å². The molecule has 0 N–H and O–H groups in total. The van der Waals surface area contributed by atoms with E-state index < -0.39 is 22.7 Å². The Balaban J connectivity index is 3.22. The molecule has 0 saturated carbocycles. The highest BCUT2D eigenvalue weighted by Gasteiger charge is 2.26. The fourth-order valence-corrected chi connectivity index (χ4v) is 1.44. The van der Waals surface area contributed by atoms with Gasteiger partial charge in [0.05, 0.1) is 12.0 Å². The molecule has 0 aliphatic rings. The molecule has 8 nitrogen and oxygen atoms in total. The summed E-state index contributed by atoms with van der Waals surface area (Å²) in [5.74, 6) is -0.786. The lowest BCUT2D eigenvalue weighted by Crippen LogP contribution is -2.11. The maximum atomic E-state index is 10.8. The van der Waals surface area contributed by atoms with Gasteiger partial charge in [-0.1, -0.05) is 11.6 Å². The molecule has 0 saturated heterocycles. The molecule has 9 heteroatoms. The molecule has 1 atom stereocenters. The monoisotopic (exact) mass is 275 g/mol. The normalized spacial score (nSPS) is 11.8. The van der Waals surface area contributed by atoms with Gasteiger partial charge in [0.2, 0.25) is 5.15 Å². The minimum Gasteiger partial charge on any atom is -0.476 e. The number of esters is 1. The summed E-state index contributed by atoms with van der Waals surface area (Å²) in [4.78, 5) is 28.3. The number of hydrogen-bond donors (Lipinski definition) is 0. The summed E-state index contributed by atoms with van der Waals surface area (Å²) in [6, 6.07) is 0. The highest BCUT2D eigenvalue weighted by atomic mass is 35.5. The van der Waals surface area contributed by atoms with Gasteiger partial charge in [0.25, 0.3) is 5.88 Å². The van der Waals surface area contributed by atoms with Crippen LogP contribution in [0.5, 0.6) is 5.88 Å². The van der Waals surface area contributed by atoms with Crippen LogP contribution in [0.1, 0.15) is 25.8 Å². The number of carbonyl (C=O) groups excluding carboxylic acids is 1. The molecule has 1 rings (SSSR count). The second-order valence-electron chi connectivity index (χ2n) is 3.24. The molecule has 0 amide bonds. The zero-order chi connectivity index (χ0) is 13.9. The van der Waals surface area contributed by atoms with E-state index in [4.69, 9.17) is 21.1 Å². The van der Waals surface area contributed by atoms with Gasteiger partial charge in [-0.2, -0.15) is 4.98 Å². The van der Waals surface area contributed by atoms with Gasteiger partial charge in [0, 0.05) is 6.92 Å². The molecule has 1 aromatic rings. The standard InChI is InChI=1S/C9H10ClN3O5/c1-4(18-5(2)14)8-11-7(10)6(13(15)16)9(12-8)17-3/h4H,1-3H3. The summed E-state index contributed by atoms with van der Waals surface area (Å²) in [5.41, 5.74) is -0.530. The molecule has 18 heavy (non-hydrogen) atoms. The van der Waals surface area contributed by atoms with E-state index in [1.807, 2.05) is 0 Å². The average Bonchev–Trinajstić information content (AvgIpc) is 2.26. The number of methoxy groups -OCH3 is 1. The van der Waals surface area contributed by atoms with E-state index in [2.05, 4.69) is 9.97 Å². The Bertz CT molecular complexity index is 493. The van der Waals surface area contributed by atoms with Crippen molar-refractivity contribution >= 4 is 23.3 Å². The average molecular weight is 276 g/mol. The molecule has 1 aromatic heterocycles. The van der Waals surface area contributed by atoms with Gasteiger partial charge < -0.3 is 9.47 Å². The maximum Gasteiger partial charge on any atom is 0.367 e. The number of hydrogen-bond acceptors (Lipinski definition) is 7. The third-order valence-corrected chi connectivity index (χ3v) is 2.17. The summed E-state index contributed by atoms with van der Waals surface area (Å²) in [6.45, 7) is 2.74. The van der Waals surface area contributed by atoms with Crippen LogP contribution in [0.3, 0.4) is 0 Å². The first-order valence-electron chi connectivity index (χ1n) is 4.79. The minimum atomic E-state index is -0.783. The van der Waals surface area contributed by atoms with Crippen LogP contribution in [0, 0.1) is 10.1 Å². The third-order valence-electron chi connectivity index (χ3n) is 1.91. The molecule has 0 aromatic carbocycles. The van der Waals surface area contributed by atoms with E-state index in [9.17, 15) is 14.9 Å². The lowest BCUT2D eigenvalue weighted by Gasteiger charge is -2.11. The zero-order valence-corrected chi connectivity index (χ0v) is 10.6. The first-order chi connectivity index (χ1) is 8.36. The van der Waals surface area contributed by atoms with Crippen molar-refractivity contribution in [2.45, 2.75) is 20.0 Å². The number of aromatic nitrogens is 2. The molecule has 0 radical (unpaired) electrons. The largest absolute Gasteiger partial charge is 0.476 e. The molecular formula is C9H10ClN3O5. The van der Waals surface area contributed by atoms with Crippen LogP contribution in [-0.2, 0) is 9.53 Å². The molecule has 0 spiro atoms. The third kappa shape index (κ3) is 3.04. The number of ether oxygens (including phenoxy) is 2. The van der Waals surface area contributed by atoms with Crippen molar-refractivity contribution in [3.8, 4) is 5.88 Å². The molecule has 0 aliphatic heterocycles. The van der Waals surface area contributed by atoms with Crippen molar-refractivity contribution in [2.75, 3.05) is 7.11 Å². The molecule has 1 heterocycles. The van der Waals surface area contributed by atoms with Crippen molar-refractivity contribution in [2.24, 2.45) is 0 Å². The van der Waals surface area contributed by atoms with Crippen molar-refractivity contribution in [1.29, 1.82) is 0 Å². The Hall–Kier alpha value is -1.96. The molecule has 98 valence electrons. The quantitative estimate of drug-likeness (QED) is 0.356. The Morgan fingerprint density at radius 3 is 2.56 bits per heavy atom. The molecule has 0 fully saturated rings. The van der Waals surface area contributed by atoms with Crippen LogP contribution in [0.4, 0.5) is 5.69 Å². The van der Waals surface area contributed by atoms with Crippen LogP contribution in [0.2, 0.25) is 5.15 Å². The van der Waals surface area contributed by atoms with Crippen molar-refractivity contribution in [3.63, 3.8) is 0 Å². The second kappa shape index (κ2) is 5.58. The summed E-state index contributed by atoms with van der Waals surface area (Å²) in [6.07, 6.45) is -0.783. The maximum absolute atomic E-state index is 10.8. The van der Waals surface area contributed by atoms with Gasteiger partial charge in [0.15, 0.2) is 11.9 Å². The first kappa shape index (κ1) is 14.1. The zero-order valence-electron chi connectivity index (χ0n) is 9.84. The predicted molar refractivity (Wildman–Crippen MR) is 60.4 cm³/mol. The van der Waals surface area contributed by atoms with Gasteiger partial charge in [-0.15, -0.1) is 0 Å². The predicted octanol–water partition coefficient (Wildman–Crippen LogP) is 1.67. The minimum absolute atomic E-state index is 0.0256. The topological polar surface area (TPSA) is 104 Å². The number of rotatable bonds is 4. The highest BCUT2D eigenvalue weighted by molar-refractivity contribution is 6.31. The summed E-state index contributed by atoms with van der Waals surface area (Å²) >= 11 is 5.68. The lowest BCUT2D eigenvalue weighted by molar-refractivity contribution is -0.386. The Morgan fingerprint density at radius 1 is 1.50 bits per heavy atom. The lowest BCUT2D eigenvalue weighted by atomic mass is 10.3. The van der Waals surface area contributed by atoms with Gasteiger partial charge in [-0.25, -0.2) is 4.98 Å². The van der Waals surface area contributed by atoms with Crippen molar-refractivity contribution in [1.82, 2.24) is 9.97 Å². The number of nitrogens with zero attached hydrogens (tertiary/aromatic N) is 3. The van der Waals surface area contributed by atoms with Crippen LogP contribution < -0.4 is 4.74 Å². The Labute approximate surface area is 107 Å². The van der Waals surface area contributed by atoms with Crippen LogP contribution in [0.25, 0.3) is 0 Å². The van der Waals surface area contributed by atoms with Gasteiger partial charge >= 0.3 is 11.7 Å². The summed E-state index contributed by atoms with van der Waals surface area (Å²) in [5, 5.41) is 10.4. The SMILES string of the molecule is COc1nc(C(C)OC(C)=O)nc(Cl)c1[N+](=O)[O-]. The molecule has 0 aliphatic carbocycles. The van der Waals surface area contributed by atoms with Gasteiger partial charge in [-0.05, 0) is 6.92 Å². The molecular weight excluding hydrogens is 266 g/mol. The van der Waals surface area contributed by atoms with E-state index in [1.54, 1.807) is 0 Å². The van der Waals surface area contributed by atoms with E-state index in [1.165, 1.54) is 21.0 Å². The number of halogens is 1. The van der Waals surface area contributed by atoms with E-state index in [0.29, 0.717) is 0 Å². The smallest absolute Gasteiger partial charge is 0.367 e. The summed E-state index contributed by atoms with van der Waals surface area (Å²) < 4.78 is 9.61. The number of nitro groups is 1. The van der Waals surface area contributed by atoms with Crippen LogP contribution >= 0.6 is 11.6 Å². The van der Waals surface area contributed by atoms with Crippen molar-refractivity contribution < 1.29 is 19.2 Å².